The first-order chi connectivity index (χ1) is 8.61. The molecule has 0 bridgehead atoms. The third kappa shape index (κ3) is 1.59. The van der Waals surface area contributed by atoms with Crippen LogP contribution in [0, 0.1) is 10.1 Å². The molecule has 0 radical (unpaired) electrons. The third-order valence-corrected chi connectivity index (χ3v) is 3.53. The van der Waals surface area contributed by atoms with Crippen molar-refractivity contribution >= 4 is 34.5 Å². The van der Waals surface area contributed by atoms with Gasteiger partial charge in [-0.25, -0.2) is 0 Å². The number of carbonyl (C=O) groups is 1. The highest BCUT2D eigenvalue weighted by Crippen LogP contribution is 2.44. The highest BCUT2D eigenvalue weighted by atomic mass is 35.5. The summed E-state index contributed by atoms with van der Waals surface area (Å²) in [5, 5.41) is 11.6. The van der Waals surface area contributed by atoms with Crippen LogP contribution < -0.4 is 0 Å². The lowest BCUT2D eigenvalue weighted by Crippen LogP contribution is -1.89. The number of halogens is 1. The van der Waals surface area contributed by atoms with E-state index in [4.69, 9.17) is 11.6 Å². The number of nitro benzene ring substituents is 1. The molecule has 0 amide bonds. The van der Waals surface area contributed by atoms with Crippen molar-refractivity contribution in [2.75, 3.05) is 0 Å². The number of nitro groups is 1. The Bertz CT molecular complexity index is 674. The first-order valence-electron chi connectivity index (χ1n) is 5.56. The van der Waals surface area contributed by atoms with Crippen LogP contribution in [0.15, 0.2) is 12.1 Å². The summed E-state index contributed by atoms with van der Waals surface area (Å²) < 4.78 is 0. The van der Waals surface area contributed by atoms with Gasteiger partial charge in [-0.1, -0.05) is 11.6 Å². The molecule has 1 saturated carbocycles. The molecule has 0 atom stereocenters. The third-order valence-electron chi connectivity index (χ3n) is 3.23. The van der Waals surface area contributed by atoms with Gasteiger partial charge in [0, 0.05) is 28.8 Å². The maximum absolute atomic E-state index is 11.2. The topological polar surface area (TPSA) is 76.0 Å². The summed E-state index contributed by atoms with van der Waals surface area (Å²) in [5.74, 6) is 0.354. The van der Waals surface area contributed by atoms with Gasteiger partial charge in [-0.05, 0) is 18.8 Å². The average Bonchev–Trinajstić information content (AvgIpc) is 3.10. The first-order valence-corrected chi connectivity index (χ1v) is 5.94. The summed E-state index contributed by atoms with van der Waals surface area (Å²) in [6, 6.07) is 2.69. The summed E-state index contributed by atoms with van der Waals surface area (Å²) >= 11 is 6.02. The van der Waals surface area contributed by atoms with Crippen LogP contribution >= 0.6 is 11.6 Å². The van der Waals surface area contributed by atoms with Crippen molar-refractivity contribution in [3.63, 3.8) is 0 Å². The average molecular weight is 265 g/mol. The van der Waals surface area contributed by atoms with E-state index in [1.165, 1.54) is 12.1 Å². The summed E-state index contributed by atoms with van der Waals surface area (Å²) in [5.41, 5.74) is 1.85. The smallest absolute Gasteiger partial charge is 0.271 e. The first kappa shape index (κ1) is 11.2. The lowest BCUT2D eigenvalue weighted by atomic mass is 10.1. The molecule has 3 rings (SSSR count). The zero-order valence-electron chi connectivity index (χ0n) is 9.27. The second-order valence-electron chi connectivity index (χ2n) is 4.45. The molecule has 1 aromatic carbocycles. The van der Waals surface area contributed by atoms with Crippen LogP contribution in [0.5, 0.6) is 0 Å². The van der Waals surface area contributed by atoms with Gasteiger partial charge in [-0.2, -0.15) is 0 Å². The molecular weight excluding hydrogens is 256 g/mol. The van der Waals surface area contributed by atoms with Crippen LogP contribution in [0.3, 0.4) is 0 Å². The van der Waals surface area contributed by atoms with Gasteiger partial charge in [0.2, 0.25) is 0 Å². The molecule has 5 nitrogen and oxygen atoms in total. The molecule has 1 aliphatic carbocycles. The number of rotatable bonds is 3. The summed E-state index contributed by atoms with van der Waals surface area (Å²) in [4.78, 5) is 24.6. The SMILES string of the molecule is O=Cc1c(C2CC2)[nH]c2c(Cl)cc([N+](=O)[O-])cc12. The Morgan fingerprint density at radius 1 is 1.44 bits per heavy atom. The molecular formula is C12H9ClN2O3. The maximum Gasteiger partial charge on any atom is 0.271 e. The van der Waals surface area contributed by atoms with Crippen molar-refractivity contribution in [1.82, 2.24) is 4.98 Å². The van der Waals surface area contributed by atoms with E-state index in [9.17, 15) is 14.9 Å². The van der Waals surface area contributed by atoms with Gasteiger partial charge in [0.1, 0.15) is 0 Å². The van der Waals surface area contributed by atoms with Gasteiger partial charge in [-0.15, -0.1) is 0 Å². The van der Waals surface area contributed by atoms with Gasteiger partial charge in [0.15, 0.2) is 6.29 Å². The van der Waals surface area contributed by atoms with E-state index >= 15 is 0 Å². The minimum Gasteiger partial charge on any atom is -0.356 e. The number of nitrogens with zero attached hydrogens (tertiary/aromatic N) is 1. The standard InChI is InChI=1S/C12H9ClN2O3/c13-10-4-7(15(17)18)3-8-9(5-16)11(6-1-2-6)14-12(8)10/h3-6,14H,1-2H2. The molecule has 1 heterocycles. The van der Waals surface area contributed by atoms with E-state index in [1.807, 2.05) is 0 Å². The Morgan fingerprint density at radius 3 is 2.72 bits per heavy atom. The van der Waals surface area contributed by atoms with Crippen LogP contribution in [0.1, 0.15) is 34.8 Å². The number of benzene rings is 1. The molecule has 18 heavy (non-hydrogen) atoms. The fourth-order valence-corrected chi connectivity index (χ4v) is 2.47. The lowest BCUT2D eigenvalue weighted by molar-refractivity contribution is -0.384. The number of H-pyrrole nitrogens is 1. The minimum absolute atomic E-state index is 0.100. The van der Waals surface area contributed by atoms with Crippen molar-refractivity contribution in [1.29, 1.82) is 0 Å². The molecule has 0 aliphatic heterocycles. The van der Waals surface area contributed by atoms with Gasteiger partial charge < -0.3 is 4.98 Å². The summed E-state index contributed by atoms with van der Waals surface area (Å²) in [6.45, 7) is 0. The van der Waals surface area contributed by atoms with Crippen molar-refractivity contribution in [3.8, 4) is 0 Å². The number of fused-ring (bicyclic) bond motifs is 1. The molecule has 1 fully saturated rings. The Morgan fingerprint density at radius 2 is 2.17 bits per heavy atom. The predicted octanol–water partition coefficient (Wildman–Crippen LogP) is 3.42. The quantitative estimate of drug-likeness (QED) is 0.524. The Hall–Kier alpha value is -1.88. The van der Waals surface area contributed by atoms with Crippen LogP contribution in [-0.2, 0) is 0 Å². The molecule has 1 aliphatic rings. The highest BCUT2D eigenvalue weighted by Gasteiger charge is 2.30. The lowest BCUT2D eigenvalue weighted by Gasteiger charge is -1.95. The number of aromatic nitrogens is 1. The molecule has 0 spiro atoms. The van der Waals surface area contributed by atoms with Gasteiger partial charge in [0.25, 0.3) is 5.69 Å². The van der Waals surface area contributed by atoms with E-state index in [2.05, 4.69) is 4.98 Å². The largest absolute Gasteiger partial charge is 0.356 e. The number of non-ortho nitro benzene ring substituents is 1. The van der Waals surface area contributed by atoms with Crippen LogP contribution in [-0.4, -0.2) is 16.2 Å². The monoisotopic (exact) mass is 264 g/mol. The number of hydrogen-bond acceptors (Lipinski definition) is 3. The molecule has 6 heteroatoms. The summed E-state index contributed by atoms with van der Waals surface area (Å²) in [7, 11) is 0. The molecule has 0 saturated heterocycles. The fraction of sp³-hybridized carbons (Fsp3) is 0.250. The fourth-order valence-electron chi connectivity index (χ4n) is 2.21. The molecule has 1 N–H and O–H groups in total. The van der Waals surface area contributed by atoms with Crippen molar-refractivity contribution in [2.24, 2.45) is 0 Å². The molecule has 0 unspecified atom stereocenters. The second-order valence-corrected chi connectivity index (χ2v) is 4.86. The van der Waals surface area contributed by atoms with E-state index in [0.29, 0.717) is 22.4 Å². The number of hydrogen-bond donors (Lipinski definition) is 1. The van der Waals surface area contributed by atoms with E-state index in [-0.39, 0.29) is 10.7 Å². The minimum atomic E-state index is -0.510. The van der Waals surface area contributed by atoms with E-state index < -0.39 is 4.92 Å². The van der Waals surface area contributed by atoms with Crippen molar-refractivity contribution in [3.05, 3.63) is 38.5 Å². The normalized spacial score (nSPS) is 14.9. The van der Waals surface area contributed by atoms with E-state index in [0.717, 1.165) is 24.8 Å². The molecule has 1 aromatic heterocycles. The van der Waals surface area contributed by atoms with E-state index in [1.54, 1.807) is 0 Å². The molecule has 92 valence electrons. The highest BCUT2D eigenvalue weighted by molar-refractivity contribution is 6.35. The zero-order chi connectivity index (χ0) is 12.9. The maximum atomic E-state index is 11.2. The number of carbonyl (C=O) groups excluding carboxylic acids is 1. The predicted molar refractivity (Wildman–Crippen MR) is 67.3 cm³/mol. The Labute approximate surface area is 107 Å². The Balaban J connectivity index is 2.33. The van der Waals surface area contributed by atoms with Crippen molar-refractivity contribution in [2.45, 2.75) is 18.8 Å². The van der Waals surface area contributed by atoms with Crippen LogP contribution in [0.4, 0.5) is 5.69 Å². The number of aromatic amines is 1. The van der Waals surface area contributed by atoms with Gasteiger partial charge >= 0.3 is 0 Å². The number of nitrogens with one attached hydrogen (secondary N) is 1. The summed E-state index contributed by atoms with van der Waals surface area (Å²) in [6.07, 6.45) is 2.81. The Kier molecular flexibility index (Phi) is 2.38. The molecule has 2 aromatic rings. The van der Waals surface area contributed by atoms with Crippen LogP contribution in [0.25, 0.3) is 10.9 Å². The zero-order valence-corrected chi connectivity index (χ0v) is 10.0. The number of aldehydes is 1. The van der Waals surface area contributed by atoms with Crippen LogP contribution in [0.2, 0.25) is 5.02 Å². The van der Waals surface area contributed by atoms with Gasteiger partial charge in [-0.3, -0.25) is 14.9 Å². The second kappa shape index (κ2) is 3.81. The van der Waals surface area contributed by atoms with Crippen molar-refractivity contribution < 1.29 is 9.72 Å². The van der Waals surface area contributed by atoms with Gasteiger partial charge in [0.05, 0.1) is 15.5 Å².